The van der Waals surface area contributed by atoms with E-state index in [0.717, 1.165) is 43.3 Å². The predicted molar refractivity (Wildman–Crippen MR) is 70.1 cm³/mol. The van der Waals surface area contributed by atoms with Crippen LogP contribution in [0.4, 0.5) is 0 Å². The molecule has 1 fully saturated rings. The number of hydrogen-bond acceptors (Lipinski definition) is 4. The number of hydrogen-bond donors (Lipinski definition) is 1. The summed E-state index contributed by atoms with van der Waals surface area (Å²) in [4.78, 5) is 19.5. The standard InChI is InChI=1S/C14H20N2O3/c1-10-9-12(11-5-7-19-8-6-11)16-13(15-10)3-2-4-14(17)18/h9,11H,2-8H2,1H3,(H,17,18). The van der Waals surface area contributed by atoms with E-state index in [1.54, 1.807) is 0 Å². The second-order valence-corrected chi connectivity index (χ2v) is 4.98. The van der Waals surface area contributed by atoms with Crippen molar-refractivity contribution in [2.24, 2.45) is 0 Å². The Morgan fingerprint density at radius 2 is 2.16 bits per heavy atom. The predicted octanol–water partition coefficient (Wildman–Crippen LogP) is 2.09. The number of nitrogens with zero attached hydrogens (tertiary/aromatic N) is 2. The van der Waals surface area contributed by atoms with Gasteiger partial charge in [0.25, 0.3) is 0 Å². The van der Waals surface area contributed by atoms with Crippen LogP contribution in [-0.2, 0) is 16.0 Å². The lowest BCUT2D eigenvalue weighted by Crippen LogP contribution is -2.16. The number of ether oxygens (including phenoxy) is 1. The number of rotatable bonds is 5. The fraction of sp³-hybridized carbons (Fsp3) is 0.643. The van der Waals surface area contributed by atoms with Gasteiger partial charge in [-0.1, -0.05) is 0 Å². The topological polar surface area (TPSA) is 72.3 Å². The van der Waals surface area contributed by atoms with Crippen LogP contribution in [0.2, 0.25) is 0 Å². The van der Waals surface area contributed by atoms with Crippen molar-refractivity contribution >= 4 is 5.97 Å². The molecule has 0 saturated carbocycles. The molecule has 2 heterocycles. The molecule has 19 heavy (non-hydrogen) atoms. The minimum atomic E-state index is -0.766. The van der Waals surface area contributed by atoms with Gasteiger partial charge in [0.1, 0.15) is 5.82 Å². The first-order valence-corrected chi connectivity index (χ1v) is 6.79. The first-order valence-electron chi connectivity index (χ1n) is 6.79. The highest BCUT2D eigenvalue weighted by Gasteiger charge is 2.18. The molecule has 2 rings (SSSR count). The summed E-state index contributed by atoms with van der Waals surface area (Å²) in [6.45, 7) is 3.55. The summed E-state index contributed by atoms with van der Waals surface area (Å²) in [7, 11) is 0. The van der Waals surface area contributed by atoms with Crippen molar-refractivity contribution in [3.05, 3.63) is 23.3 Å². The molecule has 5 heteroatoms. The zero-order valence-electron chi connectivity index (χ0n) is 11.3. The fourth-order valence-electron chi connectivity index (χ4n) is 2.37. The lowest BCUT2D eigenvalue weighted by molar-refractivity contribution is -0.137. The second kappa shape index (κ2) is 6.61. The SMILES string of the molecule is Cc1cc(C2CCOCC2)nc(CCCC(=O)O)n1. The maximum absolute atomic E-state index is 10.5. The fourth-order valence-corrected chi connectivity index (χ4v) is 2.37. The molecule has 1 aliphatic rings. The Morgan fingerprint density at radius 3 is 2.84 bits per heavy atom. The summed E-state index contributed by atoms with van der Waals surface area (Å²) in [5.74, 6) is 0.453. The summed E-state index contributed by atoms with van der Waals surface area (Å²) in [6.07, 6.45) is 3.40. The van der Waals surface area contributed by atoms with Crippen LogP contribution in [0.15, 0.2) is 6.07 Å². The molecule has 1 aromatic heterocycles. The van der Waals surface area contributed by atoms with Crippen molar-refractivity contribution in [1.29, 1.82) is 0 Å². The molecular formula is C14H20N2O3. The van der Waals surface area contributed by atoms with Gasteiger partial charge in [0, 0.05) is 43.4 Å². The molecule has 0 aromatic carbocycles. The van der Waals surface area contributed by atoms with Gasteiger partial charge in [0.05, 0.1) is 0 Å². The number of carbonyl (C=O) groups is 1. The maximum Gasteiger partial charge on any atom is 0.303 e. The molecule has 5 nitrogen and oxygen atoms in total. The molecule has 0 bridgehead atoms. The normalized spacial score (nSPS) is 16.5. The van der Waals surface area contributed by atoms with E-state index < -0.39 is 5.97 Å². The van der Waals surface area contributed by atoms with Gasteiger partial charge in [0.15, 0.2) is 0 Å². The van der Waals surface area contributed by atoms with Crippen LogP contribution in [-0.4, -0.2) is 34.3 Å². The summed E-state index contributed by atoms with van der Waals surface area (Å²) in [6, 6.07) is 2.04. The average molecular weight is 264 g/mol. The van der Waals surface area contributed by atoms with E-state index >= 15 is 0 Å². The number of aromatic nitrogens is 2. The van der Waals surface area contributed by atoms with Crippen molar-refractivity contribution in [3.63, 3.8) is 0 Å². The van der Waals surface area contributed by atoms with Crippen molar-refractivity contribution in [3.8, 4) is 0 Å². The monoisotopic (exact) mass is 264 g/mol. The molecule has 1 saturated heterocycles. The zero-order chi connectivity index (χ0) is 13.7. The molecule has 1 aliphatic heterocycles. The number of aryl methyl sites for hydroxylation is 2. The molecule has 0 radical (unpaired) electrons. The minimum Gasteiger partial charge on any atom is -0.481 e. The Balaban J connectivity index is 2.03. The third-order valence-electron chi connectivity index (χ3n) is 3.35. The van der Waals surface area contributed by atoms with Crippen LogP contribution in [0.25, 0.3) is 0 Å². The Labute approximate surface area is 113 Å². The third-order valence-corrected chi connectivity index (χ3v) is 3.35. The number of aliphatic carboxylic acids is 1. The highest BCUT2D eigenvalue weighted by Crippen LogP contribution is 2.25. The smallest absolute Gasteiger partial charge is 0.303 e. The van der Waals surface area contributed by atoms with E-state index in [4.69, 9.17) is 9.84 Å². The van der Waals surface area contributed by atoms with E-state index in [9.17, 15) is 4.79 Å². The quantitative estimate of drug-likeness (QED) is 0.881. The number of carboxylic acids is 1. The molecule has 0 amide bonds. The van der Waals surface area contributed by atoms with Crippen LogP contribution in [0, 0.1) is 6.92 Å². The average Bonchev–Trinajstić information content (AvgIpc) is 2.39. The van der Waals surface area contributed by atoms with Crippen molar-refractivity contribution in [2.45, 2.75) is 44.9 Å². The minimum absolute atomic E-state index is 0.171. The van der Waals surface area contributed by atoms with Crippen LogP contribution >= 0.6 is 0 Å². The Kier molecular flexibility index (Phi) is 4.85. The molecule has 104 valence electrons. The largest absolute Gasteiger partial charge is 0.481 e. The van der Waals surface area contributed by atoms with Crippen molar-refractivity contribution < 1.29 is 14.6 Å². The molecule has 0 unspecified atom stereocenters. The van der Waals surface area contributed by atoms with E-state index in [1.807, 2.05) is 13.0 Å². The van der Waals surface area contributed by atoms with Crippen LogP contribution in [0.1, 0.15) is 48.8 Å². The van der Waals surface area contributed by atoms with Gasteiger partial charge in [0.2, 0.25) is 0 Å². The summed E-state index contributed by atoms with van der Waals surface area (Å²) >= 11 is 0. The Bertz CT molecular complexity index is 442. The lowest BCUT2D eigenvalue weighted by atomic mass is 9.96. The summed E-state index contributed by atoms with van der Waals surface area (Å²) in [5, 5.41) is 8.65. The number of carboxylic acid groups (broad SMARTS) is 1. The molecule has 0 atom stereocenters. The van der Waals surface area contributed by atoms with Crippen LogP contribution in [0.3, 0.4) is 0 Å². The van der Waals surface area contributed by atoms with Crippen molar-refractivity contribution in [1.82, 2.24) is 9.97 Å². The molecule has 0 aliphatic carbocycles. The Hall–Kier alpha value is -1.49. The first-order chi connectivity index (χ1) is 9.15. The summed E-state index contributed by atoms with van der Waals surface area (Å²) < 4.78 is 5.36. The second-order valence-electron chi connectivity index (χ2n) is 4.98. The van der Waals surface area contributed by atoms with Gasteiger partial charge < -0.3 is 9.84 Å². The third kappa shape index (κ3) is 4.28. The van der Waals surface area contributed by atoms with E-state index in [1.165, 1.54) is 0 Å². The molecule has 1 N–H and O–H groups in total. The summed E-state index contributed by atoms with van der Waals surface area (Å²) in [5.41, 5.74) is 2.04. The maximum atomic E-state index is 10.5. The van der Waals surface area contributed by atoms with Crippen molar-refractivity contribution in [2.75, 3.05) is 13.2 Å². The highest BCUT2D eigenvalue weighted by atomic mass is 16.5. The van der Waals surface area contributed by atoms with E-state index in [2.05, 4.69) is 9.97 Å². The Morgan fingerprint density at radius 1 is 1.42 bits per heavy atom. The first kappa shape index (κ1) is 13.9. The molecule has 1 aromatic rings. The van der Waals surface area contributed by atoms with Gasteiger partial charge in [-0.25, -0.2) is 9.97 Å². The van der Waals surface area contributed by atoms with Gasteiger partial charge in [-0.15, -0.1) is 0 Å². The zero-order valence-corrected chi connectivity index (χ0v) is 11.3. The lowest BCUT2D eigenvalue weighted by Gasteiger charge is -2.22. The molecule has 0 spiro atoms. The van der Waals surface area contributed by atoms with Gasteiger partial charge >= 0.3 is 5.97 Å². The van der Waals surface area contributed by atoms with E-state index in [0.29, 0.717) is 18.8 Å². The van der Waals surface area contributed by atoms with E-state index in [-0.39, 0.29) is 6.42 Å². The van der Waals surface area contributed by atoms with Crippen LogP contribution in [0.5, 0.6) is 0 Å². The van der Waals surface area contributed by atoms with Crippen LogP contribution < -0.4 is 0 Å². The van der Waals surface area contributed by atoms with Gasteiger partial charge in [-0.2, -0.15) is 0 Å². The van der Waals surface area contributed by atoms with Gasteiger partial charge in [-0.3, -0.25) is 4.79 Å². The molecular weight excluding hydrogens is 244 g/mol. The van der Waals surface area contributed by atoms with Gasteiger partial charge in [-0.05, 0) is 32.3 Å². The highest BCUT2D eigenvalue weighted by molar-refractivity contribution is 5.66.